The van der Waals surface area contributed by atoms with E-state index in [1.807, 2.05) is 6.07 Å². The third-order valence-electron chi connectivity index (χ3n) is 4.35. The molecule has 3 N–H and O–H groups in total. The SMILES string of the molecule is CCCCCC(C)(C)CNC(=NC)NCc1cccc(S(=O)(=O)NC)c1. The maximum atomic E-state index is 11.9. The Labute approximate surface area is 158 Å². The highest BCUT2D eigenvalue weighted by molar-refractivity contribution is 7.89. The quantitative estimate of drug-likeness (QED) is 0.330. The Morgan fingerprint density at radius 1 is 1.19 bits per heavy atom. The third-order valence-corrected chi connectivity index (χ3v) is 5.76. The second-order valence-electron chi connectivity index (χ2n) is 7.26. The number of sulfonamides is 1. The molecule has 0 radical (unpaired) electrons. The van der Waals surface area contributed by atoms with E-state index in [4.69, 9.17) is 0 Å². The summed E-state index contributed by atoms with van der Waals surface area (Å²) < 4.78 is 26.1. The summed E-state index contributed by atoms with van der Waals surface area (Å²) in [6.07, 6.45) is 4.91. The normalized spacial score (nSPS) is 12.9. The van der Waals surface area contributed by atoms with E-state index in [9.17, 15) is 8.42 Å². The van der Waals surface area contributed by atoms with E-state index >= 15 is 0 Å². The zero-order valence-electron chi connectivity index (χ0n) is 16.7. The first kappa shape index (κ1) is 22.4. The lowest BCUT2D eigenvalue weighted by atomic mass is 9.87. The van der Waals surface area contributed by atoms with Crippen LogP contribution in [0.2, 0.25) is 0 Å². The van der Waals surface area contributed by atoms with Crippen LogP contribution in [-0.4, -0.2) is 35.0 Å². The van der Waals surface area contributed by atoms with Crippen molar-refractivity contribution >= 4 is 16.0 Å². The van der Waals surface area contributed by atoms with Crippen LogP contribution in [0.5, 0.6) is 0 Å². The molecule has 0 saturated heterocycles. The van der Waals surface area contributed by atoms with Crippen LogP contribution < -0.4 is 15.4 Å². The van der Waals surface area contributed by atoms with E-state index in [-0.39, 0.29) is 10.3 Å². The molecule has 0 amide bonds. The second kappa shape index (κ2) is 10.5. The molecule has 0 unspecified atom stereocenters. The molecule has 0 heterocycles. The smallest absolute Gasteiger partial charge is 0.240 e. The predicted octanol–water partition coefficient (Wildman–Crippen LogP) is 2.87. The van der Waals surface area contributed by atoms with Crippen molar-refractivity contribution in [3.63, 3.8) is 0 Å². The first-order valence-electron chi connectivity index (χ1n) is 9.21. The Kier molecular flexibility index (Phi) is 9.08. The monoisotopic (exact) mass is 382 g/mol. The number of unbranched alkanes of at least 4 members (excludes halogenated alkanes) is 2. The van der Waals surface area contributed by atoms with Crippen molar-refractivity contribution in [1.82, 2.24) is 15.4 Å². The zero-order valence-corrected chi connectivity index (χ0v) is 17.5. The highest BCUT2D eigenvalue weighted by Gasteiger charge is 2.17. The standard InChI is InChI=1S/C19H34N4O2S/c1-6-7-8-12-19(2,3)15-23-18(20-4)22-14-16-10-9-11-17(13-16)26(24,25)21-5/h9-11,13,21H,6-8,12,14-15H2,1-5H3,(H2,20,22,23). The molecular formula is C19H34N4O2S. The summed E-state index contributed by atoms with van der Waals surface area (Å²) in [5.41, 5.74) is 1.08. The first-order valence-corrected chi connectivity index (χ1v) is 10.7. The van der Waals surface area contributed by atoms with Crippen LogP contribution in [0.15, 0.2) is 34.2 Å². The van der Waals surface area contributed by atoms with Gasteiger partial charge < -0.3 is 10.6 Å². The molecular weight excluding hydrogens is 348 g/mol. The van der Waals surface area contributed by atoms with Gasteiger partial charge >= 0.3 is 0 Å². The first-order chi connectivity index (χ1) is 12.2. The molecule has 0 saturated carbocycles. The lowest BCUT2D eigenvalue weighted by Crippen LogP contribution is -2.41. The largest absolute Gasteiger partial charge is 0.356 e. The summed E-state index contributed by atoms with van der Waals surface area (Å²) in [4.78, 5) is 4.52. The summed E-state index contributed by atoms with van der Waals surface area (Å²) in [6, 6.07) is 6.89. The number of benzene rings is 1. The maximum absolute atomic E-state index is 11.9. The van der Waals surface area contributed by atoms with E-state index in [1.54, 1.807) is 25.2 Å². The number of rotatable bonds is 10. The second-order valence-corrected chi connectivity index (χ2v) is 9.14. The van der Waals surface area contributed by atoms with Gasteiger partial charge in [0.15, 0.2) is 5.96 Å². The van der Waals surface area contributed by atoms with Gasteiger partial charge in [0.1, 0.15) is 0 Å². The number of aliphatic imine (C=N–C) groups is 1. The fraction of sp³-hybridized carbons (Fsp3) is 0.632. The van der Waals surface area contributed by atoms with E-state index in [2.05, 4.69) is 41.1 Å². The Morgan fingerprint density at radius 2 is 1.92 bits per heavy atom. The number of guanidine groups is 1. The number of nitrogens with one attached hydrogen (secondary N) is 3. The van der Waals surface area contributed by atoms with Gasteiger partial charge in [0, 0.05) is 20.1 Å². The van der Waals surface area contributed by atoms with Gasteiger partial charge in [-0.15, -0.1) is 0 Å². The molecule has 0 aliphatic heterocycles. The van der Waals surface area contributed by atoms with Crippen LogP contribution in [0.3, 0.4) is 0 Å². The van der Waals surface area contributed by atoms with Crippen molar-refractivity contribution < 1.29 is 8.42 Å². The summed E-state index contributed by atoms with van der Waals surface area (Å²) in [5.74, 6) is 0.718. The Bertz CT molecular complexity index is 685. The van der Waals surface area contributed by atoms with E-state index in [1.165, 1.54) is 32.7 Å². The molecule has 7 heteroatoms. The lowest BCUT2D eigenvalue weighted by Gasteiger charge is -2.26. The van der Waals surface area contributed by atoms with Crippen molar-refractivity contribution in [3.8, 4) is 0 Å². The number of hydrogen-bond donors (Lipinski definition) is 3. The summed E-state index contributed by atoms with van der Waals surface area (Å²) in [6.45, 7) is 8.07. The molecule has 1 rings (SSSR count). The molecule has 6 nitrogen and oxygen atoms in total. The van der Waals surface area contributed by atoms with Gasteiger partial charge in [-0.05, 0) is 36.6 Å². The zero-order chi connectivity index (χ0) is 19.6. The fourth-order valence-electron chi connectivity index (χ4n) is 2.61. The molecule has 148 valence electrons. The van der Waals surface area contributed by atoms with E-state index in [0.29, 0.717) is 6.54 Å². The van der Waals surface area contributed by atoms with Crippen LogP contribution >= 0.6 is 0 Å². The van der Waals surface area contributed by atoms with Crippen LogP contribution in [0, 0.1) is 5.41 Å². The topological polar surface area (TPSA) is 82.6 Å². The van der Waals surface area contributed by atoms with Gasteiger partial charge in [-0.25, -0.2) is 13.1 Å². The number of hydrogen-bond acceptors (Lipinski definition) is 3. The van der Waals surface area contributed by atoms with Crippen LogP contribution in [0.4, 0.5) is 0 Å². The van der Waals surface area contributed by atoms with Gasteiger partial charge in [-0.2, -0.15) is 0 Å². The third kappa shape index (κ3) is 7.74. The maximum Gasteiger partial charge on any atom is 0.240 e. The van der Waals surface area contributed by atoms with Crippen LogP contribution in [0.25, 0.3) is 0 Å². The fourth-order valence-corrected chi connectivity index (χ4v) is 3.41. The van der Waals surface area contributed by atoms with Gasteiger partial charge in [0.05, 0.1) is 4.90 Å². The van der Waals surface area contributed by atoms with Crippen molar-refractivity contribution in [1.29, 1.82) is 0 Å². The Balaban J connectivity index is 2.59. The van der Waals surface area contributed by atoms with Gasteiger partial charge in [0.25, 0.3) is 0 Å². The number of nitrogens with zero attached hydrogens (tertiary/aromatic N) is 1. The van der Waals surface area contributed by atoms with Crippen molar-refractivity contribution in [2.75, 3.05) is 20.6 Å². The van der Waals surface area contributed by atoms with Crippen molar-refractivity contribution in [3.05, 3.63) is 29.8 Å². The highest BCUT2D eigenvalue weighted by Crippen LogP contribution is 2.22. The molecule has 0 spiro atoms. The molecule has 26 heavy (non-hydrogen) atoms. The highest BCUT2D eigenvalue weighted by atomic mass is 32.2. The molecule has 0 fully saturated rings. The van der Waals surface area contributed by atoms with E-state index in [0.717, 1.165) is 18.1 Å². The molecule has 0 bridgehead atoms. The minimum Gasteiger partial charge on any atom is -0.356 e. The van der Waals surface area contributed by atoms with Gasteiger partial charge in [-0.1, -0.05) is 52.2 Å². The van der Waals surface area contributed by atoms with Crippen molar-refractivity contribution in [2.45, 2.75) is 57.9 Å². The molecule has 1 aromatic rings. The predicted molar refractivity (Wildman–Crippen MR) is 109 cm³/mol. The molecule has 1 aromatic carbocycles. The van der Waals surface area contributed by atoms with Crippen LogP contribution in [0.1, 0.15) is 52.0 Å². The average Bonchev–Trinajstić information content (AvgIpc) is 2.62. The lowest BCUT2D eigenvalue weighted by molar-refractivity contribution is 0.318. The van der Waals surface area contributed by atoms with E-state index < -0.39 is 10.0 Å². The minimum absolute atomic E-state index is 0.202. The van der Waals surface area contributed by atoms with Gasteiger partial charge in [0.2, 0.25) is 10.0 Å². The molecule has 0 atom stereocenters. The molecule has 0 aliphatic rings. The van der Waals surface area contributed by atoms with Gasteiger partial charge in [-0.3, -0.25) is 4.99 Å². The van der Waals surface area contributed by atoms with Crippen LogP contribution in [-0.2, 0) is 16.6 Å². The average molecular weight is 383 g/mol. The Hall–Kier alpha value is -1.60. The summed E-state index contributed by atoms with van der Waals surface area (Å²) in [5, 5.41) is 6.62. The Morgan fingerprint density at radius 3 is 2.54 bits per heavy atom. The summed E-state index contributed by atoms with van der Waals surface area (Å²) in [7, 11) is -0.281. The minimum atomic E-state index is -3.43. The van der Waals surface area contributed by atoms with Crippen molar-refractivity contribution in [2.24, 2.45) is 10.4 Å². The molecule has 0 aliphatic carbocycles. The molecule has 0 aromatic heterocycles. The summed E-state index contributed by atoms with van der Waals surface area (Å²) >= 11 is 0.